The number of amides is 2. The third kappa shape index (κ3) is 10.6. The first-order chi connectivity index (χ1) is 20.1. The van der Waals surface area contributed by atoms with Gasteiger partial charge in [0, 0.05) is 55.9 Å². The van der Waals surface area contributed by atoms with Gasteiger partial charge in [-0.2, -0.15) is 0 Å². The van der Waals surface area contributed by atoms with Crippen molar-refractivity contribution >= 4 is 33.6 Å². The van der Waals surface area contributed by atoms with Crippen molar-refractivity contribution in [3.8, 4) is 0 Å². The summed E-state index contributed by atoms with van der Waals surface area (Å²) in [5.74, 6) is -7.45. The fourth-order valence-corrected chi connectivity index (χ4v) is 6.75. The second-order valence-corrected chi connectivity index (χ2v) is 12.7. The zero-order chi connectivity index (χ0) is 32.5. The molecule has 15 heteroatoms. The molecule has 0 unspecified atom stereocenters. The third-order valence-corrected chi connectivity index (χ3v) is 9.18. The number of carboxylic acids is 2. The van der Waals surface area contributed by atoms with E-state index in [4.69, 9.17) is 15.9 Å². The minimum atomic E-state index is -3.72. The summed E-state index contributed by atoms with van der Waals surface area (Å²) in [7, 11) is -3.72. The number of nitrogens with two attached hydrogens (primary N) is 1. The Morgan fingerprint density at radius 2 is 1.49 bits per heavy atom. The van der Waals surface area contributed by atoms with Crippen molar-refractivity contribution in [1.29, 1.82) is 0 Å². The molecular weight excluding hydrogens is 595 g/mol. The number of rotatable bonds is 12. The molecule has 0 radical (unpaired) electrons. The van der Waals surface area contributed by atoms with Crippen LogP contribution in [-0.4, -0.2) is 94.9 Å². The molecule has 0 aromatic heterocycles. The molecule has 2 aliphatic rings. The number of hydrogen-bond acceptors (Lipinski definition) is 7. The largest absolute Gasteiger partial charge is 0.478 e. The molecule has 2 bridgehead atoms. The lowest BCUT2D eigenvalue weighted by Crippen LogP contribution is -2.50. The number of nitrogens with zero attached hydrogens (tertiary/aromatic N) is 2. The van der Waals surface area contributed by atoms with Gasteiger partial charge in [0.15, 0.2) is 21.5 Å². The summed E-state index contributed by atoms with van der Waals surface area (Å²) in [6.45, 7) is 4.40. The highest BCUT2D eigenvalue weighted by atomic mass is 32.2. The average molecular weight is 634 g/mol. The molecule has 240 valence electrons. The number of aliphatic carboxylic acids is 2. The monoisotopic (exact) mass is 633 g/mol. The Morgan fingerprint density at radius 3 is 1.98 bits per heavy atom. The first kappa shape index (κ1) is 35.7. The van der Waals surface area contributed by atoms with E-state index in [1.807, 2.05) is 0 Å². The van der Waals surface area contributed by atoms with E-state index < -0.39 is 56.9 Å². The second-order valence-electron chi connectivity index (χ2n) is 10.6. The first-order valence-electron chi connectivity index (χ1n) is 13.9. The number of carbonyl (C=O) groups excluding carboxylic acids is 2. The molecule has 4 N–H and O–H groups in total. The highest BCUT2D eigenvalue weighted by molar-refractivity contribution is 7.92. The summed E-state index contributed by atoms with van der Waals surface area (Å²) < 4.78 is 65.6. The summed E-state index contributed by atoms with van der Waals surface area (Å²) in [4.78, 5) is 47.4. The first-order valence-corrected chi connectivity index (χ1v) is 15.7. The topological polar surface area (TPSA) is 175 Å². The van der Waals surface area contributed by atoms with Crippen LogP contribution in [0.25, 0.3) is 0 Å². The lowest BCUT2D eigenvalue weighted by Gasteiger charge is -2.41. The van der Waals surface area contributed by atoms with Gasteiger partial charge in [-0.1, -0.05) is 0 Å². The normalized spacial score (nSPS) is 20.3. The molecule has 2 amide bonds. The van der Waals surface area contributed by atoms with Crippen LogP contribution in [0.1, 0.15) is 51.5 Å². The zero-order valence-electron chi connectivity index (χ0n) is 24.0. The van der Waals surface area contributed by atoms with Gasteiger partial charge in [-0.3, -0.25) is 9.59 Å². The van der Waals surface area contributed by atoms with E-state index in [0.29, 0.717) is 44.1 Å². The van der Waals surface area contributed by atoms with E-state index in [0.717, 1.165) is 18.9 Å². The number of fused-ring (bicyclic) bond motifs is 2. The van der Waals surface area contributed by atoms with Crippen molar-refractivity contribution in [2.45, 2.75) is 70.5 Å². The van der Waals surface area contributed by atoms with Crippen molar-refractivity contribution in [2.75, 3.05) is 24.6 Å². The number of hydrogen-bond donors (Lipinski definition) is 3. The van der Waals surface area contributed by atoms with Crippen LogP contribution >= 0.6 is 0 Å². The fourth-order valence-electron chi connectivity index (χ4n) is 5.56. The van der Waals surface area contributed by atoms with Crippen molar-refractivity contribution in [1.82, 2.24) is 9.80 Å². The number of sulfone groups is 1. The maximum atomic E-state index is 14.0. The SMILES string of the molecule is CCN(CC)C(=O)CS(=O)(=O)CCC(=O)N1[C@@H]2CC[C@H]1C[C@H]([C@H](N)Cc1cc(F)c(F)cc1F)C2.O=C(O)/C=C\C(=O)O. The number of piperidine rings is 1. The molecular formula is C28H38F3N3O8S. The Morgan fingerprint density at radius 1 is 0.977 bits per heavy atom. The Labute approximate surface area is 248 Å². The minimum absolute atomic E-state index is 0.0201. The molecule has 1 aromatic carbocycles. The lowest BCUT2D eigenvalue weighted by atomic mass is 9.82. The van der Waals surface area contributed by atoms with Gasteiger partial charge < -0.3 is 25.7 Å². The summed E-state index contributed by atoms with van der Waals surface area (Å²) in [5, 5.41) is 15.6. The second kappa shape index (κ2) is 15.8. The fraction of sp³-hybridized carbons (Fsp3) is 0.571. The van der Waals surface area contributed by atoms with E-state index in [9.17, 15) is 40.8 Å². The van der Waals surface area contributed by atoms with Crippen molar-refractivity contribution < 1.29 is 51.0 Å². The molecule has 2 heterocycles. The summed E-state index contributed by atoms with van der Waals surface area (Å²) in [6, 6.07) is 0.690. The summed E-state index contributed by atoms with van der Waals surface area (Å²) in [5.41, 5.74) is 6.34. The minimum Gasteiger partial charge on any atom is -0.478 e. The van der Waals surface area contributed by atoms with Crippen molar-refractivity contribution in [3.63, 3.8) is 0 Å². The van der Waals surface area contributed by atoms with Gasteiger partial charge in [0.1, 0.15) is 11.6 Å². The quantitative estimate of drug-likeness (QED) is 0.230. The van der Waals surface area contributed by atoms with Gasteiger partial charge in [-0.15, -0.1) is 0 Å². The van der Waals surface area contributed by atoms with Crippen LogP contribution < -0.4 is 5.73 Å². The van der Waals surface area contributed by atoms with Crippen LogP contribution in [0.15, 0.2) is 24.3 Å². The van der Waals surface area contributed by atoms with E-state index in [1.54, 1.807) is 18.7 Å². The average Bonchev–Trinajstić information content (AvgIpc) is 3.18. The van der Waals surface area contributed by atoms with Crippen molar-refractivity contribution in [2.24, 2.45) is 11.7 Å². The van der Waals surface area contributed by atoms with Gasteiger partial charge in [0.2, 0.25) is 11.8 Å². The van der Waals surface area contributed by atoms with Crippen LogP contribution in [0, 0.1) is 23.4 Å². The number of benzene rings is 1. The van der Waals surface area contributed by atoms with Crippen LogP contribution in [0.4, 0.5) is 13.2 Å². The van der Waals surface area contributed by atoms with Crippen LogP contribution in [0.2, 0.25) is 0 Å². The summed E-state index contributed by atoms with van der Waals surface area (Å²) >= 11 is 0. The third-order valence-electron chi connectivity index (χ3n) is 7.66. The molecule has 3 rings (SSSR count). The van der Waals surface area contributed by atoms with Crippen LogP contribution in [0.3, 0.4) is 0 Å². The zero-order valence-corrected chi connectivity index (χ0v) is 24.9. The standard InChI is InChI=1S/C24H34F3N3O4S.C4H4O4/c1-3-29(4-2)24(32)14-35(33,34)8-7-23(31)30-17-5-6-18(30)10-16(9-17)22(28)12-15-11-20(26)21(27)13-19(15)25;5-3(6)1-2-4(7)8/h11,13,16-18,22H,3-10,12,14,28H2,1-2H3;1-2H,(H,5,6)(H,7,8)/b;2-1-/t16-,17-,18+,22-;/m1./s1. The lowest BCUT2D eigenvalue weighted by molar-refractivity contribution is -0.136. The molecule has 2 aliphatic heterocycles. The molecule has 2 saturated heterocycles. The Hall–Kier alpha value is -3.46. The molecule has 43 heavy (non-hydrogen) atoms. The highest BCUT2D eigenvalue weighted by Gasteiger charge is 2.44. The van der Waals surface area contributed by atoms with Crippen LogP contribution in [-0.2, 0) is 35.4 Å². The predicted octanol–water partition coefficient (Wildman–Crippen LogP) is 2.13. The van der Waals surface area contributed by atoms with Crippen molar-refractivity contribution in [3.05, 3.63) is 47.3 Å². The molecule has 2 fully saturated rings. The molecule has 0 aliphatic carbocycles. The van der Waals surface area contributed by atoms with Gasteiger partial charge in [0.25, 0.3) is 0 Å². The predicted molar refractivity (Wildman–Crippen MR) is 150 cm³/mol. The van der Waals surface area contributed by atoms with E-state index in [1.165, 1.54) is 4.90 Å². The highest BCUT2D eigenvalue weighted by Crippen LogP contribution is 2.40. The maximum absolute atomic E-state index is 14.0. The van der Waals surface area contributed by atoms with Gasteiger partial charge in [-0.25, -0.2) is 31.2 Å². The Kier molecular flexibility index (Phi) is 13.2. The van der Waals surface area contributed by atoms with Gasteiger partial charge >= 0.3 is 11.9 Å². The number of carboxylic acid groups (broad SMARTS) is 2. The Balaban J connectivity index is 0.000000708. The maximum Gasteiger partial charge on any atom is 0.328 e. The van der Waals surface area contributed by atoms with Gasteiger partial charge in [-0.05, 0) is 63.5 Å². The molecule has 4 atom stereocenters. The summed E-state index contributed by atoms with van der Waals surface area (Å²) in [6.07, 6.45) is 3.70. The van der Waals surface area contributed by atoms with Crippen LogP contribution in [0.5, 0.6) is 0 Å². The molecule has 0 saturated carbocycles. The van der Waals surface area contributed by atoms with E-state index in [2.05, 4.69) is 0 Å². The number of carbonyl (C=O) groups is 4. The molecule has 0 spiro atoms. The van der Waals surface area contributed by atoms with Gasteiger partial charge in [0.05, 0.1) is 5.75 Å². The smallest absolute Gasteiger partial charge is 0.328 e. The van der Waals surface area contributed by atoms with E-state index >= 15 is 0 Å². The number of halogens is 3. The van der Waals surface area contributed by atoms with E-state index in [-0.39, 0.29) is 48.1 Å². The molecule has 1 aromatic rings. The Bertz CT molecular complexity index is 1290. The molecule has 11 nitrogen and oxygen atoms in total.